The predicted octanol–water partition coefficient (Wildman–Crippen LogP) is 6.34. The molecule has 3 aromatic rings. The minimum absolute atomic E-state index is 0.0785. The first-order valence-electron chi connectivity index (χ1n) is 10.7. The molecule has 37 heavy (non-hydrogen) atoms. The molecule has 0 unspecified atom stereocenters. The van der Waals surface area contributed by atoms with Crippen LogP contribution >= 0.6 is 23.2 Å². The van der Waals surface area contributed by atoms with Crippen LogP contribution in [-0.4, -0.2) is 45.8 Å². The molecule has 0 spiro atoms. The number of methoxy groups -OCH3 is 3. The Morgan fingerprint density at radius 1 is 0.622 bits per heavy atom. The van der Waals surface area contributed by atoms with Gasteiger partial charge in [0.1, 0.15) is 11.5 Å². The molecule has 0 N–H and O–H groups in total. The van der Waals surface area contributed by atoms with E-state index in [2.05, 4.69) is 0 Å². The van der Waals surface area contributed by atoms with Gasteiger partial charge >= 0.3 is 17.9 Å². The maximum Gasteiger partial charge on any atom is 0.338 e. The summed E-state index contributed by atoms with van der Waals surface area (Å²) in [7, 11) is 3.73. The van der Waals surface area contributed by atoms with Crippen LogP contribution in [0.25, 0.3) is 0 Å². The lowest BCUT2D eigenvalue weighted by atomic mass is 10.1. The van der Waals surface area contributed by atoms with Crippen LogP contribution in [0.5, 0.6) is 28.7 Å². The zero-order valence-electron chi connectivity index (χ0n) is 20.3. The van der Waals surface area contributed by atoms with E-state index in [9.17, 15) is 14.4 Å². The zero-order valence-corrected chi connectivity index (χ0v) is 21.8. The number of halogens is 2. The lowest BCUT2D eigenvalue weighted by molar-refractivity contribution is 0.0591. The molecule has 0 aliphatic heterocycles. The highest BCUT2D eigenvalue weighted by atomic mass is 35.5. The molecule has 9 nitrogen and oxygen atoms in total. The number of ether oxygens (including phenoxy) is 6. The summed E-state index contributed by atoms with van der Waals surface area (Å²) in [4.78, 5) is 36.0. The summed E-state index contributed by atoms with van der Waals surface area (Å²) < 4.78 is 32.0. The monoisotopic (exact) mass is 548 g/mol. The standard InChI is InChI=1S/C26H22Cl2O9/c1-5-35-23-21(36-19-8-6-14(10-17(19)27)24(29)32-2)12-16(26(31)34-4)13-22(23)37-20-9-7-15(11-18(20)28)25(30)33-3/h6-13H,5H2,1-4H3. The topological polar surface area (TPSA) is 107 Å². The summed E-state index contributed by atoms with van der Waals surface area (Å²) in [5.74, 6) is -1.17. The van der Waals surface area contributed by atoms with Gasteiger partial charge in [0.15, 0.2) is 11.5 Å². The lowest BCUT2D eigenvalue weighted by Gasteiger charge is -2.18. The summed E-state index contributed by atoms with van der Waals surface area (Å²) in [6.45, 7) is 1.96. The van der Waals surface area contributed by atoms with E-state index in [-0.39, 0.29) is 62.1 Å². The normalized spacial score (nSPS) is 10.3. The van der Waals surface area contributed by atoms with Gasteiger partial charge in [0, 0.05) is 0 Å². The molecule has 0 aliphatic carbocycles. The molecule has 0 aliphatic rings. The van der Waals surface area contributed by atoms with Crippen LogP contribution in [0.1, 0.15) is 38.0 Å². The van der Waals surface area contributed by atoms with Gasteiger partial charge in [-0.2, -0.15) is 0 Å². The number of esters is 3. The van der Waals surface area contributed by atoms with Gasteiger partial charge in [0.25, 0.3) is 0 Å². The van der Waals surface area contributed by atoms with Crippen molar-refractivity contribution in [2.45, 2.75) is 6.92 Å². The van der Waals surface area contributed by atoms with Gasteiger partial charge in [-0.05, 0) is 55.5 Å². The number of benzene rings is 3. The first kappa shape index (κ1) is 27.6. The Labute approximate surface area is 222 Å². The van der Waals surface area contributed by atoms with Gasteiger partial charge in [-0.1, -0.05) is 23.2 Å². The Bertz CT molecular complexity index is 1250. The van der Waals surface area contributed by atoms with Gasteiger partial charge < -0.3 is 28.4 Å². The third-order valence-electron chi connectivity index (χ3n) is 4.88. The molecule has 0 saturated heterocycles. The van der Waals surface area contributed by atoms with Crippen LogP contribution in [0, 0.1) is 0 Å². The average Bonchev–Trinajstić information content (AvgIpc) is 2.90. The van der Waals surface area contributed by atoms with Crippen LogP contribution < -0.4 is 14.2 Å². The van der Waals surface area contributed by atoms with Crippen LogP contribution in [0.2, 0.25) is 10.0 Å². The van der Waals surface area contributed by atoms with Gasteiger partial charge in [0.2, 0.25) is 5.75 Å². The fourth-order valence-corrected chi connectivity index (χ4v) is 3.58. The summed E-state index contributed by atoms with van der Waals surface area (Å²) in [6.07, 6.45) is 0. The Morgan fingerprint density at radius 3 is 1.38 bits per heavy atom. The number of carbonyl (C=O) groups is 3. The summed E-state index contributed by atoms with van der Waals surface area (Å²) in [6, 6.07) is 11.4. The second kappa shape index (κ2) is 12.3. The molecule has 0 fully saturated rings. The van der Waals surface area contributed by atoms with E-state index in [0.717, 1.165) is 0 Å². The second-order valence-corrected chi connectivity index (χ2v) is 8.02. The number of rotatable bonds is 9. The molecule has 0 atom stereocenters. The van der Waals surface area contributed by atoms with Crippen molar-refractivity contribution in [2.75, 3.05) is 27.9 Å². The van der Waals surface area contributed by atoms with Crippen LogP contribution in [-0.2, 0) is 14.2 Å². The first-order chi connectivity index (χ1) is 17.7. The summed E-state index contributed by atoms with van der Waals surface area (Å²) in [5, 5.41) is 0.218. The average molecular weight is 549 g/mol. The van der Waals surface area contributed by atoms with Gasteiger partial charge in [-0.3, -0.25) is 0 Å². The van der Waals surface area contributed by atoms with E-state index in [0.29, 0.717) is 0 Å². The van der Waals surface area contributed by atoms with Crippen molar-refractivity contribution in [3.63, 3.8) is 0 Å². The Kier molecular flexibility index (Phi) is 9.21. The SMILES string of the molecule is CCOc1c(Oc2ccc(C(=O)OC)cc2Cl)cc(C(=O)OC)cc1Oc1ccc(C(=O)OC)cc1Cl. The molecule has 0 saturated carbocycles. The van der Waals surface area contributed by atoms with Crippen molar-refractivity contribution in [2.24, 2.45) is 0 Å². The Hall–Kier alpha value is -3.95. The Balaban J connectivity index is 2.09. The van der Waals surface area contributed by atoms with Gasteiger partial charge in [-0.15, -0.1) is 0 Å². The third kappa shape index (κ3) is 6.44. The quantitative estimate of drug-likeness (QED) is 0.223. The zero-order chi connectivity index (χ0) is 27.1. The maximum absolute atomic E-state index is 12.4. The molecule has 0 radical (unpaired) electrons. The minimum Gasteiger partial charge on any atom is -0.487 e. The lowest BCUT2D eigenvalue weighted by Crippen LogP contribution is -2.05. The van der Waals surface area contributed by atoms with E-state index in [1.807, 2.05) is 0 Å². The molecule has 0 aromatic heterocycles. The number of hydrogen-bond donors (Lipinski definition) is 0. The van der Waals surface area contributed by atoms with Gasteiger partial charge in [0.05, 0.1) is 54.7 Å². The fraction of sp³-hybridized carbons (Fsp3) is 0.192. The number of hydrogen-bond acceptors (Lipinski definition) is 9. The van der Waals surface area contributed by atoms with E-state index in [4.69, 9.17) is 51.6 Å². The van der Waals surface area contributed by atoms with Gasteiger partial charge in [-0.25, -0.2) is 14.4 Å². The largest absolute Gasteiger partial charge is 0.487 e. The molecule has 194 valence electrons. The molecule has 3 rings (SSSR count). The highest BCUT2D eigenvalue weighted by molar-refractivity contribution is 6.32. The molecule has 0 amide bonds. The van der Waals surface area contributed by atoms with Crippen molar-refractivity contribution in [3.05, 3.63) is 75.3 Å². The second-order valence-electron chi connectivity index (χ2n) is 7.20. The van der Waals surface area contributed by atoms with Crippen LogP contribution in [0.4, 0.5) is 0 Å². The Morgan fingerprint density at radius 2 is 1.03 bits per heavy atom. The smallest absolute Gasteiger partial charge is 0.338 e. The van der Waals surface area contributed by atoms with Crippen LogP contribution in [0.3, 0.4) is 0 Å². The molecular weight excluding hydrogens is 527 g/mol. The van der Waals surface area contributed by atoms with Crippen molar-refractivity contribution < 1.29 is 42.8 Å². The molecular formula is C26H22Cl2O9. The minimum atomic E-state index is -0.669. The molecule has 3 aromatic carbocycles. The molecule has 0 heterocycles. The predicted molar refractivity (Wildman–Crippen MR) is 135 cm³/mol. The number of carbonyl (C=O) groups excluding carboxylic acids is 3. The van der Waals surface area contributed by atoms with E-state index in [1.165, 1.54) is 69.9 Å². The van der Waals surface area contributed by atoms with Crippen molar-refractivity contribution in [1.29, 1.82) is 0 Å². The summed E-state index contributed by atoms with van der Waals surface area (Å²) >= 11 is 12.7. The fourth-order valence-electron chi connectivity index (χ4n) is 3.14. The van der Waals surface area contributed by atoms with Crippen molar-refractivity contribution in [3.8, 4) is 28.7 Å². The maximum atomic E-state index is 12.4. The van der Waals surface area contributed by atoms with E-state index >= 15 is 0 Å². The van der Waals surface area contributed by atoms with E-state index in [1.54, 1.807) is 6.92 Å². The highest BCUT2D eigenvalue weighted by Gasteiger charge is 2.22. The highest BCUT2D eigenvalue weighted by Crippen LogP contribution is 2.45. The molecule has 11 heteroatoms. The third-order valence-corrected chi connectivity index (χ3v) is 5.47. The summed E-state index contributed by atoms with van der Waals surface area (Å²) in [5.41, 5.74) is 0.532. The first-order valence-corrected chi connectivity index (χ1v) is 11.5. The van der Waals surface area contributed by atoms with Crippen LogP contribution in [0.15, 0.2) is 48.5 Å². The van der Waals surface area contributed by atoms with Crippen molar-refractivity contribution >= 4 is 41.1 Å². The molecule has 0 bridgehead atoms. The van der Waals surface area contributed by atoms with Crippen molar-refractivity contribution in [1.82, 2.24) is 0 Å². The van der Waals surface area contributed by atoms with E-state index < -0.39 is 17.9 Å².